The van der Waals surface area contributed by atoms with Crippen LogP contribution in [0.3, 0.4) is 0 Å². The molecule has 1 heteroatoms. The lowest BCUT2D eigenvalue weighted by molar-refractivity contribution is -0.120. The highest BCUT2D eigenvalue weighted by Gasteiger charge is 2.48. The van der Waals surface area contributed by atoms with E-state index < -0.39 is 0 Å². The Morgan fingerprint density at radius 2 is 2.27 bits per heavy atom. The lowest BCUT2D eigenvalue weighted by Crippen LogP contribution is -2.19. The van der Waals surface area contributed by atoms with Crippen molar-refractivity contribution < 1.29 is 4.79 Å². The molecule has 0 radical (unpaired) electrons. The van der Waals surface area contributed by atoms with E-state index in [1.807, 2.05) is 0 Å². The third kappa shape index (κ3) is 2.50. The second-order valence-corrected chi connectivity index (χ2v) is 5.29. The van der Waals surface area contributed by atoms with Gasteiger partial charge in [0.15, 0.2) is 0 Å². The van der Waals surface area contributed by atoms with Crippen molar-refractivity contribution in [1.29, 1.82) is 0 Å². The average Bonchev–Trinajstić information content (AvgIpc) is 3.01. The molecule has 2 rings (SSSR count). The van der Waals surface area contributed by atoms with E-state index in [0.29, 0.717) is 17.1 Å². The summed E-state index contributed by atoms with van der Waals surface area (Å²) in [5, 5.41) is 0. The third-order valence-electron chi connectivity index (χ3n) is 4.01. The Hall–Kier alpha value is -0.590. The first kappa shape index (κ1) is 10.9. The minimum Gasteiger partial charge on any atom is -0.300 e. The van der Waals surface area contributed by atoms with Crippen molar-refractivity contribution in [1.82, 2.24) is 0 Å². The van der Waals surface area contributed by atoms with Crippen molar-refractivity contribution in [3.63, 3.8) is 0 Å². The Bertz CT molecular complexity index is 261. The van der Waals surface area contributed by atoms with Gasteiger partial charge in [0, 0.05) is 12.8 Å². The number of Topliss-reactive ketones (excluding diaryl/α,β-unsaturated/α-hetero) is 1. The van der Waals surface area contributed by atoms with E-state index in [4.69, 9.17) is 0 Å². The fourth-order valence-corrected chi connectivity index (χ4v) is 2.92. The molecule has 0 aromatic heterocycles. The van der Waals surface area contributed by atoms with Crippen LogP contribution in [0, 0.1) is 11.3 Å². The van der Waals surface area contributed by atoms with E-state index in [1.165, 1.54) is 32.1 Å². The van der Waals surface area contributed by atoms with Gasteiger partial charge in [0.05, 0.1) is 0 Å². The van der Waals surface area contributed by atoms with Crippen LogP contribution in [-0.4, -0.2) is 5.78 Å². The molecule has 1 saturated carbocycles. The minimum absolute atomic E-state index is 0.406. The quantitative estimate of drug-likeness (QED) is 0.624. The predicted octanol–water partition coefficient (Wildman–Crippen LogP) is 3.88. The topological polar surface area (TPSA) is 17.1 Å². The average molecular weight is 206 g/mol. The Morgan fingerprint density at radius 3 is 2.80 bits per heavy atom. The van der Waals surface area contributed by atoms with Crippen molar-refractivity contribution in [3.8, 4) is 0 Å². The van der Waals surface area contributed by atoms with E-state index in [2.05, 4.69) is 19.1 Å². The highest BCUT2D eigenvalue weighted by Crippen LogP contribution is 2.57. The normalized spacial score (nSPS) is 27.7. The molecule has 0 amide bonds. The molecule has 0 bridgehead atoms. The fourth-order valence-electron chi connectivity index (χ4n) is 2.92. The van der Waals surface area contributed by atoms with E-state index >= 15 is 0 Å². The van der Waals surface area contributed by atoms with Gasteiger partial charge in [-0.05, 0) is 49.9 Å². The molecule has 0 heterocycles. The van der Waals surface area contributed by atoms with Crippen LogP contribution in [0.1, 0.15) is 58.3 Å². The second kappa shape index (κ2) is 4.51. The zero-order chi connectivity index (χ0) is 10.7. The molecule has 0 aliphatic heterocycles. The van der Waals surface area contributed by atoms with Crippen LogP contribution in [0.15, 0.2) is 12.2 Å². The molecule has 0 aromatic rings. The minimum atomic E-state index is 0.406. The van der Waals surface area contributed by atoms with Gasteiger partial charge in [-0.25, -0.2) is 0 Å². The van der Waals surface area contributed by atoms with Crippen LogP contribution in [0.5, 0.6) is 0 Å². The molecule has 84 valence electrons. The Labute approximate surface area is 92.9 Å². The molecule has 2 aliphatic rings. The molecule has 1 atom stereocenters. The summed E-state index contributed by atoms with van der Waals surface area (Å²) >= 11 is 0. The smallest absolute Gasteiger partial charge is 0.133 e. The zero-order valence-corrected chi connectivity index (χ0v) is 9.80. The molecule has 15 heavy (non-hydrogen) atoms. The Balaban J connectivity index is 1.92. The van der Waals surface area contributed by atoms with Gasteiger partial charge >= 0.3 is 0 Å². The van der Waals surface area contributed by atoms with E-state index in [0.717, 1.165) is 19.3 Å². The second-order valence-electron chi connectivity index (χ2n) is 5.29. The third-order valence-corrected chi connectivity index (χ3v) is 4.01. The molecule has 0 saturated heterocycles. The summed E-state index contributed by atoms with van der Waals surface area (Å²) in [7, 11) is 0. The van der Waals surface area contributed by atoms with Gasteiger partial charge in [-0.2, -0.15) is 0 Å². The summed E-state index contributed by atoms with van der Waals surface area (Å²) in [5.74, 6) is 1.21. The van der Waals surface area contributed by atoms with Crippen LogP contribution in [0.25, 0.3) is 0 Å². The highest BCUT2D eigenvalue weighted by molar-refractivity contribution is 5.79. The summed E-state index contributed by atoms with van der Waals surface area (Å²) in [6, 6.07) is 0. The van der Waals surface area contributed by atoms with Gasteiger partial charge < -0.3 is 0 Å². The largest absolute Gasteiger partial charge is 0.300 e. The van der Waals surface area contributed by atoms with Crippen molar-refractivity contribution >= 4 is 5.78 Å². The van der Waals surface area contributed by atoms with Crippen LogP contribution in [0.2, 0.25) is 0 Å². The molecule has 2 aliphatic carbocycles. The standard InChI is InChI=1S/C14H22O/c1-2-6-13(15)11-14(9-10-14)12-7-4-3-5-8-12/h4,7,12H,2-3,5-6,8-11H2,1H3. The SMILES string of the molecule is CCCC(=O)CC1(C2C=CCCC2)CC1. The van der Waals surface area contributed by atoms with Gasteiger partial charge in [0.25, 0.3) is 0 Å². The summed E-state index contributed by atoms with van der Waals surface area (Å²) < 4.78 is 0. The van der Waals surface area contributed by atoms with Crippen molar-refractivity contribution in [2.45, 2.75) is 58.3 Å². The Morgan fingerprint density at radius 1 is 1.47 bits per heavy atom. The van der Waals surface area contributed by atoms with E-state index in [9.17, 15) is 4.79 Å². The maximum atomic E-state index is 11.7. The summed E-state index contributed by atoms with van der Waals surface area (Å²) in [5.41, 5.74) is 0.406. The number of rotatable bonds is 5. The van der Waals surface area contributed by atoms with Gasteiger partial charge in [-0.1, -0.05) is 19.1 Å². The number of allylic oxidation sites excluding steroid dienone is 2. The molecule has 1 nitrogen and oxygen atoms in total. The van der Waals surface area contributed by atoms with Crippen LogP contribution >= 0.6 is 0 Å². The van der Waals surface area contributed by atoms with Gasteiger partial charge in [0.1, 0.15) is 5.78 Å². The molecule has 1 fully saturated rings. The Kier molecular flexibility index (Phi) is 3.28. The monoisotopic (exact) mass is 206 g/mol. The van der Waals surface area contributed by atoms with Crippen LogP contribution in [-0.2, 0) is 4.79 Å². The van der Waals surface area contributed by atoms with Crippen LogP contribution < -0.4 is 0 Å². The number of carbonyl (C=O) groups excluding carboxylic acids is 1. The molecular weight excluding hydrogens is 184 g/mol. The van der Waals surface area contributed by atoms with E-state index in [1.54, 1.807) is 0 Å². The zero-order valence-electron chi connectivity index (χ0n) is 9.80. The lowest BCUT2D eigenvalue weighted by atomic mass is 9.78. The maximum Gasteiger partial charge on any atom is 0.133 e. The van der Waals surface area contributed by atoms with Crippen molar-refractivity contribution in [2.24, 2.45) is 11.3 Å². The predicted molar refractivity (Wildman–Crippen MR) is 62.7 cm³/mol. The highest BCUT2D eigenvalue weighted by atomic mass is 16.1. The number of carbonyl (C=O) groups is 1. The first-order valence-corrected chi connectivity index (χ1v) is 6.45. The molecule has 1 unspecified atom stereocenters. The van der Waals surface area contributed by atoms with Gasteiger partial charge in [-0.15, -0.1) is 0 Å². The first-order chi connectivity index (χ1) is 7.27. The van der Waals surface area contributed by atoms with Crippen molar-refractivity contribution in [2.75, 3.05) is 0 Å². The maximum absolute atomic E-state index is 11.7. The molecule has 0 N–H and O–H groups in total. The van der Waals surface area contributed by atoms with Crippen LogP contribution in [0.4, 0.5) is 0 Å². The fraction of sp³-hybridized carbons (Fsp3) is 0.786. The number of ketones is 1. The molecular formula is C14H22O. The lowest BCUT2D eigenvalue weighted by Gasteiger charge is -2.26. The van der Waals surface area contributed by atoms with E-state index in [-0.39, 0.29) is 0 Å². The van der Waals surface area contributed by atoms with Crippen molar-refractivity contribution in [3.05, 3.63) is 12.2 Å². The molecule has 0 aromatic carbocycles. The first-order valence-electron chi connectivity index (χ1n) is 6.45. The number of hydrogen-bond donors (Lipinski definition) is 0. The summed E-state index contributed by atoms with van der Waals surface area (Å²) in [6.45, 7) is 2.10. The summed E-state index contributed by atoms with van der Waals surface area (Å²) in [6.07, 6.45) is 13.8. The van der Waals surface area contributed by atoms with Gasteiger partial charge in [-0.3, -0.25) is 4.79 Å². The number of hydrogen-bond acceptors (Lipinski definition) is 1. The van der Waals surface area contributed by atoms with Gasteiger partial charge in [0.2, 0.25) is 0 Å². The summed E-state index contributed by atoms with van der Waals surface area (Å²) in [4.78, 5) is 11.7. The molecule has 0 spiro atoms.